The van der Waals surface area contributed by atoms with Crippen LogP contribution in [-0.2, 0) is 16.6 Å². The first-order valence-corrected chi connectivity index (χ1v) is 6.98. The molecule has 1 unspecified atom stereocenters. The normalized spacial score (nSPS) is 14.1. The zero-order valence-corrected chi connectivity index (χ0v) is 12.2. The van der Waals surface area contributed by atoms with Gasteiger partial charge in [0.1, 0.15) is 5.54 Å². The zero-order valence-electron chi connectivity index (χ0n) is 11.4. The van der Waals surface area contributed by atoms with Gasteiger partial charge in [0.15, 0.2) is 5.16 Å². The smallest absolute Gasteiger partial charge is 0.343 e. The quantitative estimate of drug-likeness (QED) is 0.424. The van der Waals surface area contributed by atoms with Gasteiger partial charge in [-0.15, -0.1) is 5.10 Å². The van der Waals surface area contributed by atoms with E-state index in [1.54, 1.807) is 14.0 Å². The fraction of sp³-hybridized carbons (Fsp3) is 0.727. The molecule has 3 N–H and O–H groups in total. The Morgan fingerprint density at radius 2 is 2.26 bits per heavy atom. The number of hydrogen-bond donors (Lipinski definition) is 2. The van der Waals surface area contributed by atoms with E-state index in [-0.39, 0.29) is 5.69 Å². The van der Waals surface area contributed by atoms with Crippen LogP contribution in [0.15, 0.2) is 9.95 Å². The summed E-state index contributed by atoms with van der Waals surface area (Å²) < 4.78 is 6.10. The van der Waals surface area contributed by atoms with Crippen LogP contribution in [0.4, 0.5) is 0 Å². The molecule has 7 nitrogen and oxygen atoms in total. The van der Waals surface area contributed by atoms with Gasteiger partial charge in [0.2, 0.25) is 0 Å². The summed E-state index contributed by atoms with van der Waals surface area (Å²) in [4.78, 5) is 22.5. The average molecular weight is 288 g/mol. The van der Waals surface area contributed by atoms with Gasteiger partial charge in [-0.05, 0) is 19.8 Å². The van der Waals surface area contributed by atoms with E-state index in [9.17, 15) is 9.59 Å². The van der Waals surface area contributed by atoms with E-state index < -0.39 is 11.5 Å². The molecule has 0 saturated heterocycles. The highest BCUT2D eigenvalue weighted by Gasteiger charge is 2.28. The largest absolute Gasteiger partial charge is 0.468 e. The third-order valence-electron chi connectivity index (χ3n) is 2.81. The van der Waals surface area contributed by atoms with Crippen molar-refractivity contribution in [1.82, 2.24) is 14.8 Å². The number of H-pyrrole nitrogens is 1. The second kappa shape index (κ2) is 6.76. The van der Waals surface area contributed by atoms with Gasteiger partial charge in [0.05, 0.1) is 7.11 Å². The van der Waals surface area contributed by atoms with Crippen LogP contribution in [0.25, 0.3) is 0 Å². The molecular weight excluding hydrogens is 268 g/mol. The number of aromatic amines is 1. The number of carbonyl (C=O) groups excluding carboxylic acids is 1. The van der Waals surface area contributed by atoms with Crippen LogP contribution in [0.1, 0.15) is 26.2 Å². The van der Waals surface area contributed by atoms with E-state index >= 15 is 0 Å². The molecule has 0 saturated carbocycles. The molecule has 1 heterocycles. The maximum absolute atomic E-state index is 11.4. The van der Waals surface area contributed by atoms with Gasteiger partial charge in [-0.2, -0.15) is 0 Å². The SMILES string of the molecule is COC(=O)C(C)(N)CCCCSc1n[nH]c(=O)n1C. The van der Waals surface area contributed by atoms with Crippen LogP contribution in [0.2, 0.25) is 0 Å². The molecule has 1 aromatic rings. The number of ether oxygens (including phenoxy) is 1. The monoisotopic (exact) mass is 288 g/mol. The first-order chi connectivity index (χ1) is 8.88. The van der Waals surface area contributed by atoms with Crippen molar-refractivity contribution in [3.05, 3.63) is 10.5 Å². The summed E-state index contributed by atoms with van der Waals surface area (Å²) >= 11 is 1.50. The molecular formula is C11H20N4O3S. The Morgan fingerprint density at radius 1 is 1.58 bits per heavy atom. The van der Waals surface area contributed by atoms with E-state index in [2.05, 4.69) is 14.9 Å². The summed E-state index contributed by atoms with van der Waals surface area (Å²) in [6.45, 7) is 1.67. The van der Waals surface area contributed by atoms with Crippen LogP contribution in [0.3, 0.4) is 0 Å². The number of thioether (sulfide) groups is 1. The number of methoxy groups -OCH3 is 1. The minimum absolute atomic E-state index is 0.220. The molecule has 0 fully saturated rings. The lowest BCUT2D eigenvalue weighted by Crippen LogP contribution is -2.45. The van der Waals surface area contributed by atoms with E-state index in [0.29, 0.717) is 11.6 Å². The van der Waals surface area contributed by atoms with Gasteiger partial charge in [-0.25, -0.2) is 9.89 Å². The number of nitrogens with one attached hydrogen (secondary N) is 1. The average Bonchev–Trinajstić information content (AvgIpc) is 2.69. The van der Waals surface area contributed by atoms with E-state index in [4.69, 9.17) is 5.73 Å². The summed E-state index contributed by atoms with van der Waals surface area (Å²) in [6, 6.07) is 0. The highest BCUT2D eigenvalue weighted by atomic mass is 32.2. The summed E-state index contributed by atoms with van der Waals surface area (Å²) in [6.07, 6.45) is 2.27. The van der Waals surface area contributed by atoms with E-state index in [0.717, 1.165) is 18.6 Å². The minimum atomic E-state index is -0.932. The molecule has 0 bridgehead atoms. The number of nitrogens with two attached hydrogens (primary N) is 1. The maximum Gasteiger partial charge on any atom is 0.343 e. The topological polar surface area (TPSA) is 103 Å². The third kappa shape index (κ3) is 4.39. The molecule has 1 rings (SSSR count). The maximum atomic E-state index is 11.4. The number of nitrogens with zero attached hydrogens (tertiary/aromatic N) is 2. The van der Waals surface area contributed by atoms with Gasteiger partial charge in [0.25, 0.3) is 0 Å². The second-order valence-electron chi connectivity index (χ2n) is 4.58. The van der Waals surface area contributed by atoms with Gasteiger partial charge in [-0.1, -0.05) is 18.2 Å². The Hall–Kier alpha value is -1.28. The number of esters is 1. The van der Waals surface area contributed by atoms with Gasteiger partial charge in [0, 0.05) is 12.8 Å². The fourth-order valence-corrected chi connectivity index (χ4v) is 2.47. The number of unbranched alkanes of at least 4 members (excludes halogenated alkanes) is 1. The van der Waals surface area contributed by atoms with Crippen LogP contribution in [-0.4, -0.2) is 39.1 Å². The molecule has 0 radical (unpaired) electrons. The van der Waals surface area contributed by atoms with Crippen LogP contribution in [0, 0.1) is 0 Å². The number of hydrogen-bond acceptors (Lipinski definition) is 6. The lowest BCUT2D eigenvalue weighted by Gasteiger charge is -2.20. The van der Waals surface area contributed by atoms with Gasteiger partial charge >= 0.3 is 11.7 Å². The number of aromatic nitrogens is 3. The van der Waals surface area contributed by atoms with Crippen molar-refractivity contribution in [3.63, 3.8) is 0 Å². The fourth-order valence-electron chi connectivity index (χ4n) is 1.55. The van der Waals surface area contributed by atoms with Crippen molar-refractivity contribution < 1.29 is 9.53 Å². The molecule has 0 aromatic carbocycles. The van der Waals surface area contributed by atoms with Crippen molar-refractivity contribution in [1.29, 1.82) is 0 Å². The van der Waals surface area contributed by atoms with Crippen molar-refractivity contribution in [2.45, 2.75) is 36.9 Å². The van der Waals surface area contributed by atoms with Crippen LogP contribution in [0.5, 0.6) is 0 Å². The molecule has 8 heteroatoms. The Balaban J connectivity index is 2.27. The van der Waals surface area contributed by atoms with E-state index in [1.807, 2.05) is 0 Å². The summed E-state index contributed by atoms with van der Waals surface area (Å²) in [5.74, 6) is 0.421. The summed E-state index contributed by atoms with van der Waals surface area (Å²) in [5.41, 5.74) is 4.70. The zero-order chi connectivity index (χ0) is 14.5. The van der Waals surface area contributed by atoms with Crippen molar-refractivity contribution in [3.8, 4) is 0 Å². The minimum Gasteiger partial charge on any atom is -0.468 e. The van der Waals surface area contributed by atoms with Crippen molar-refractivity contribution in [2.75, 3.05) is 12.9 Å². The molecule has 0 spiro atoms. The first kappa shape index (κ1) is 15.8. The summed E-state index contributed by atoms with van der Waals surface area (Å²) in [7, 11) is 3.00. The van der Waals surface area contributed by atoms with Gasteiger partial charge in [-0.3, -0.25) is 9.36 Å². The lowest BCUT2D eigenvalue weighted by atomic mass is 9.97. The number of rotatable bonds is 7. The summed E-state index contributed by atoms with van der Waals surface area (Å²) in [5, 5.41) is 6.93. The highest BCUT2D eigenvalue weighted by molar-refractivity contribution is 7.99. The van der Waals surface area contributed by atoms with Crippen molar-refractivity contribution in [2.24, 2.45) is 12.8 Å². The molecule has 1 atom stereocenters. The molecule has 0 aliphatic rings. The van der Waals surface area contributed by atoms with Gasteiger partial charge < -0.3 is 10.5 Å². The standard InChI is InChI=1S/C11H20N4O3S/c1-11(12,8(16)18-3)6-4-5-7-19-10-14-13-9(17)15(10)2/h4-7,12H2,1-3H3,(H,13,17). The van der Waals surface area contributed by atoms with Crippen LogP contribution >= 0.6 is 11.8 Å². The second-order valence-corrected chi connectivity index (χ2v) is 5.65. The van der Waals surface area contributed by atoms with Crippen LogP contribution < -0.4 is 11.4 Å². The molecule has 108 valence electrons. The highest BCUT2D eigenvalue weighted by Crippen LogP contribution is 2.17. The number of carbonyl (C=O) groups is 1. The van der Waals surface area contributed by atoms with Crippen molar-refractivity contribution >= 4 is 17.7 Å². The van der Waals surface area contributed by atoms with E-state index in [1.165, 1.54) is 23.4 Å². The first-order valence-electron chi connectivity index (χ1n) is 6.00. The predicted octanol–water partition coefficient (Wildman–Crippen LogP) is 0.261. The Morgan fingerprint density at radius 3 is 2.79 bits per heavy atom. The Kier molecular flexibility index (Phi) is 5.61. The predicted molar refractivity (Wildman–Crippen MR) is 73.0 cm³/mol. The molecule has 0 aliphatic heterocycles. The molecule has 0 amide bonds. The molecule has 1 aromatic heterocycles. The Labute approximate surface area is 115 Å². The lowest BCUT2D eigenvalue weighted by molar-refractivity contribution is -0.146. The Bertz CT molecular complexity index is 481. The third-order valence-corrected chi connectivity index (χ3v) is 3.93. The molecule has 0 aliphatic carbocycles. The molecule has 19 heavy (non-hydrogen) atoms.